The first-order chi connectivity index (χ1) is 12.9. The van der Waals surface area contributed by atoms with Gasteiger partial charge in [0.25, 0.3) is 0 Å². The molecule has 0 aliphatic carbocycles. The van der Waals surface area contributed by atoms with E-state index in [1.54, 1.807) is 0 Å². The van der Waals surface area contributed by atoms with Gasteiger partial charge >= 0.3 is 0 Å². The molecule has 0 fully saturated rings. The summed E-state index contributed by atoms with van der Waals surface area (Å²) >= 11 is 0. The fourth-order valence-corrected chi connectivity index (χ4v) is 3.62. The van der Waals surface area contributed by atoms with Gasteiger partial charge in [0.1, 0.15) is 0 Å². The van der Waals surface area contributed by atoms with E-state index in [4.69, 9.17) is 4.99 Å². The predicted octanol–water partition coefficient (Wildman–Crippen LogP) is 4.97. The standard InChI is InChI=1S/C24H24N2/c1-4-10-19(11-5-1)16-17-23-25-22(18-20-12-6-2-7-13-20)24(26-23)21-14-8-3-9-15-21/h1-15,22,24H,16-18H2,(H,25,26). The Bertz CT molecular complexity index is 841. The van der Waals surface area contributed by atoms with Gasteiger partial charge in [-0.05, 0) is 29.5 Å². The largest absolute Gasteiger partial charge is 0.368 e. The fraction of sp³-hybridized carbons (Fsp3) is 0.208. The first kappa shape index (κ1) is 16.6. The third-order valence-electron chi connectivity index (χ3n) is 4.96. The van der Waals surface area contributed by atoms with Gasteiger partial charge in [-0.3, -0.25) is 4.99 Å². The number of amidine groups is 1. The molecule has 0 amide bonds. The molecule has 3 aromatic rings. The fourth-order valence-electron chi connectivity index (χ4n) is 3.62. The van der Waals surface area contributed by atoms with Crippen LogP contribution in [0.3, 0.4) is 0 Å². The molecular weight excluding hydrogens is 316 g/mol. The van der Waals surface area contributed by atoms with Crippen molar-refractivity contribution in [2.24, 2.45) is 4.99 Å². The van der Waals surface area contributed by atoms with Crippen LogP contribution in [0.25, 0.3) is 0 Å². The highest BCUT2D eigenvalue weighted by molar-refractivity contribution is 5.85. The average molecular weight is 340 g/mol. The molecule has 26 heavy (non-hydrogen) atoms. The summed E-state index contributed by atoms with van der Waals surface area (Å²) < 4.78 is 0. The van der Waals surface area contributed by atoms with Gasteiger partial charge in [0.2, 0.25) is 0 Å². The van der Waals surface area contributed by atoms with Gasteiger partial charge in [-0.15, -0.1) is 0 Å². The first-order valence-corrected chi connectivity index (χ1v) is 9.34. The van der Waals surface area contributed by atoms with E-state index in [9.17, 15) is 0 Å². The Morgan fingerprint density at radius 3 is 1.88 bits per heavy atom. The van der Waals surface area contributed by atoms with Crippen LogP contribution >= 0.6 is 0 Å². The van der Waals surface area contributed by atoms with Crippen molar-refractivity contribution in [1.29, 1.82) is 0 Å². The van der Waals surface area contributed by atoms with Crippen LogP contribution in [0.2, 0.25) is 0 Å². The van der Waals surface area contributed by atoms with Gasteiger partial charge in [0.05, 0.1) is 17.9 Å². The van der Waals surface area contributed by atoms with Crippen LogP contribution in [0, 0.1) is 0 Å². The maximum Gasteiger partial charge on any atom is 0.0978 e. The SMILES string of the molecule is c1ccc(CCC2=NC(c3ccccc3)C(Cc3ccccc3)N2)cc1. The molecule has 4 rings (SSSR count). The highest BCUT2D eigenvalue weighted by atomic mass is 15.1. The minimum atomic E-state index is 0.183. The summed E-state index contributed by atoms with van der Waals surface area (Å²) in [6, 6.07) is 32.5. The Labute approximate surface area is 155 Å². The summed E-state index contributed by atoms with van der Waals surface area (Å²) in [7, 11) is 0. The van der Waals surface area contributed by atoms with Crippen molar-refractivity contribution >= 4 is 5.84 Å². The quantitative estimate of drug-likeness (QED) is 0.673. The average Bonchev–Trinajstić information content (AvgIpc) is 3.11. The minimum absolute atomic E-state index is 0.183. The number of hydrogen-bond donors (Lipinski definition) is 1. The topological polar surface area (TPSA) is 24.4 Å². The number of nitrogens with zero attached hydrogens (tertiary/aromatic N) is 1. The molecule has 0 bridgehead atoms. The zero-order chi connectivity index (χ0) is 17.6. The third-order valence-corrected chi connectivity index (χ3v) is 4.96. The Balaban J connectivity index is 1.51. The summed E-state index contributed by atoms with van der Waals surface area (Å²) in [4.78, 5) is 5.06. The van der Waals surface area contributed by atoms with E-state index in [-0.39, 0.29) is 6.04 Å². The maximum atomic E-state index is 5.06. The van der Waals surface area contributed by atoms with Crippen LogP contribution in [0.15, 0.2) is 96.0 Å². The van der Waals surface area contributed by atoms with Crippen LogP contribution < -0.4 is 5.32 Å². The number of aliphatic imine (C=N–C) groups is 1. The lowest BCUT2D eigenvalue weighted by Crippen LogP contribution is -2.33. The molecule has 0 saturated heterocycles. The third kappa shape index (κ3) is 4.02. The van der Waals surface area contributed by atoms with Crippen LogP contribution in [-0.4, -0.2) is 11.9 Å². The number of benzene rings is 3. The molecule has 0 radical (unpaired) electrons. The molecule has 2 unspecified atom stereocenters. The summed E-state index contributed by atoms with van der Waals surface area (Å²) in [5.74, 6) is 1.13. The van der Waals surface area contributed by atoms with Gasteiger partial charge < -0.3 is 5.32 Å². The van der Waals surface area contributed by atoms with Crippen molar-refractivity contribution in [1.82, 2.24) is 5.32 Å². The van der Waals surface area contributed by atoms with Crippen molar-refractivity contribution in [2.75, 3.05) is 0 Å². The van der Waals surface area contributed by atoms with Crippen LogP contribution in [0.1, 0.15) is 29.2 Å². The molecule has 0 saturated carbocycles. The highest BCUT2D eigenvalue weighted by Gasteiger charge is 2.29. The molecule has 3 aromatic carbocycles. The summed E-state index contributed by atoms with van der Waals surface area (Å²) in [6.45, 7) is 0. The summed E-state index contributed by atoms with van der Waals surface area (Å²) in [5, 5.41) is 3.71. The van der Waals surface area contributed by atoms with E-state index in [2.05, 4.69) is 96.3 Å². The Morgan fingerprint density at radius 1 is 0.654 bits per heavy atom. The molecule has 2 atom stereocenters. The van der Waals surface area contributed by atoms with Crippen molar-refractivity contribution in [2.45, 2.75) is 31.3 Å². The summed E-state index contributed by atoms with van der Waals surface area (Å²) in [6.07, 6.45) is 2.96. The van der Waals surface area contributed by atoms with Crippen molar-refractivity contribution in [3.05, 3.63) is 108 Å². The van der Waals surface area contributed by atoms with E-state index in [0.29, 0.717) is 6.04 Å². The minimum Gasteiger partial charge on any atom is -0.368 e. The monoisotopic (exact) mass is 340 g/mol. The molecule has 0 spiro atoms. The normalized spacial score (nSPS) is 19.0. The Kier molecular flexibility index (Phi) is 5.11. The second kappa shape index (κ2) is 8.01. The van der Waals surface area contributed by atoms with E-state index in [0.717, 1.165) is 25.1 Å². The molecule has 2 heteroatoms. The van der Waals surface area contributed by atoms with Crippen LogP contribution in [0.5, 0.6) is 0 Å². The lowest BCUT2D eigenvalue weighted by Gasteiger charge is -2.19. The van der Waals surface area contributed by atoms with Crippen LogP contribution in [-0.2, 0) is 12.8 Å². The summed E-state index contributed by atoms with van der Waals surface area (Å²) in [5.41, 5.74) is 4.00. The molecule has 1 heterocycles. The molecule has 1 aliphatic rings. The van der Waals surface area contributed by atoms with Gasteiger partial charge in [0.15, 0.2) is 0 Å². The van der Waals surface area contributed by atoms with Crippen molar-refractivity contribution in [3.63, 3.8) is 0 Å². The van der Waals surface area contributed by atoms with Crippen molar-refractivity contribution in [3.8, 4) is 0 Å². The Hall–Kier alpha value is -2.87. The highest BCUT2D eigenvalue weighted by Crippen LogP contribution is 2.28. The molecule has 0 aromatic heterocycles. The van der Waals surface area contributed by atoms with Gasteiger partial charge in [0, 0.05) is 6.42 Å². The predicted molar refractivity (Wildman–Crippen MR) is 108 cm³/mol. The van der Waals surface area contributed by atoms with E-state index < -0.39 is 0 Å². The second-order valence-electron chi connectivity index (χ2n) is 6.86. The van der Waals surface area contributed by atoms with E-state index in [1.165, 1.54) is 16.7 Å². The first-order valence-electron chi connectivity index (χ1n) is 9.34. The lowest BCUT2D eigenvalue weighted by atomic mass is 9.95. The molecule has 1 N–H and O–H groups in total. The number of nitrogens with one attached hydrogen (secondary N) is 1. The molecule has 2 nitrogen and oxygen atoms in total. The van der Waals surface area contributed by atoms with Gasteiger partial charge in [-0.2, -0.15) is 0 Å². The van der Waals surface area contributed by atoms with Gasteiger partial charge in [-0.1, -0.05) is 91.0 Å². The van der Waals surface area contributed by atoms with Crippen LogP contribution in [0.4, 0.5) is 0 Å². The molecule has 1 aliphatic heterocycles. The number of rotatable bonds is 6. The van der Waals surface area contributed by atoms with Gasteiger partial charge in [-0.25, -0.2) is 0 Å². The smallest absolute Gasteiger partial charge is 0.0978 e. The zero-order valence-electron chi connectivity index (χ0n) is 14.9. The number of aryl methyl sites for hydroxylation is 1. The Morgan fingerprint density at radius 2 is 1.23 bits per heavy atom. The zero-order valence-corrected chi connectivity index (χ0v) is 14.9. The maximum absolute atomic E-state index is 5.06. The number of hydrogen-bond acceptors (Lipinski definition) is 2. The lowest BCUT2D eigenvalue weighted by molar-refractivity contribution is 0.539. The second-order valence-corrected chi connectivity index (χ2v) is 6.86. The molecule has 130 valence electrons. The van der Waals surface area contributed by atoms with E-state index >= 15 is 0 Å². The van der Waals surface area contributed by atoms with Crippen molar-refractivity contribution < 1.29 is 0 Å². The molecular formula is C24H24N2. The van der Waals surface area contributed by atoms with E-state index in [1.807, 2.05) is 0 Å².